The third-order valence-electron chi connectivity index (χ3n) is 2.76. The van der Waals surface area contributed by atoms with Crippen LogP contribution in [0.4, 0.5) is 19.0 Å². The van der Waals surface area contributed by atoms with Gasteiger partial charge in [0.2, 0.25) is 0 Å². The van der Waals surface area contributed by atoms with Crippen molar-refractivity contribution in [2.75, 3.05) is 18.5 Å². The maximum absolute atomic E-state index is 12.7. The number of hydrogen-bond acceptors (Lipinski definition) is 4. The summed E-state index contributed by atoms with van der Waals surface area (Å²) in [5, 5.41) is 11.5. The maximum atomic E-state index is 12.7. The monoisotopic (exact) mass is 290 g/mol. The van der Waals surface area contributed by atoms with E-state index in [1.54, 1.807) is 11.9 Å². The van der Waals surface area contributed by atoms with Crippen LogP contribution in [0.5, 0.6) is 0 Å². The van der Waals surface area contributed by atoms with Gasteiger partial charge < -0.3 is 15.8 Å². The Hall–Kier alpha value is -1.99. The molecule has 0 aromatic carbocycles. The predicted octanol–water partition coefficient (Wildman–Crippen LogP) is 2.43. The predicted molar refractivity (Wildman–Crippen MR) is 69.9 cm³/mol. The van der Waals surface area contributed by atoms with E-state index in [1.165, 1.54) is 0 Å². The van der Waals surface area contributed by atoms with Crippen molar-refractivity contribution >= 4 is 11.7 Å². The van der Waals surface area contributed by atoms with Crippen LogP contribution in [-0.4, -0.2) is 29.6 Å². The summed E-state index contributed by atoms with van der Waals surface area (Å²) in [4.78, 5) is 5.16. The minimum absolute atomic E-state index is 0.0450. The quantitative estimate of drug-likeness (QED) is 0.378. The molecule has 1 aromatic heterocycles. The van der Waals surface area contributed by atoms with Crippen molar-refractivity contribution in [2.24, 2.45) is 10.9 Å². The lowest BCUT2D eigenvalue weighted by atomic mass is 10.2. The Morgan fingerprint density at radius 2 is 2.10 bits per heavy atom. The lowest BCUT2D eigenvalue weighted by molar-refractivity contribution is -0.141. The first-order valence-corrected chi connectivity index (χ1v) is 6.08. The molecule has 3 N–H and O–H groups in total. The molecule has 1 aromatic rings. The minimum Gasteiger partial charge on any atom is -0.409 e. The van der Waals surface area contributed by atoms with Gasteiger partial charge in [0.05, 0.1) is 5.56 Å². The second kappa shape index (κ2) is 6.44. The van der Waals surface area contributed by atoms with Crippen LogP contribution in [0.2, 0.25) is 0 Å². The van der Waals surface area contributed by atoms with Gasteiger partial charge >= 0.3 is 6.18 Å². The molecular weight excluding hydrogens is 273 g/mol. The van der Waals surface area contributed by atoms with Crippen LogP contribution in [0, 0.1) is 0 Å². The highest BCUT2D eigenvalue weighted by atomic mass is 19.4. The van der Waals surface area contributed by atoms with E-state index in [4.69, 9.17) is 10.9 Å². The first kappa shape index (κ1) is 16.1. The van der Waals surface area contributed by atoms with E-state index >= 15 is 0 Å². The minimum atomic E-state index is -4.54. The highest BCUT2D eigenvalue weighted by Gasteiger charge is 2.33. The molecule has 0 spiro atoms. The fraction of sp³-hybridized carbons (Fsp3) is 0.500. The van der Waals surface area contributed by atoms with E-state index in [1.807, 2.05) is 6.92 Å². The number of aromatic nitrogens is 1. The summed E-state index contributed by atoms with van der Waals surface area (Å²) in [7, 11) is 1.62. The number of anilines is 1. The number of pyridine rings is 1. The van der Waals surface area contributed by atoms with E-state index < -0.39 is 11.9 Å². The van der Waals surface area contributed by atoms with Crippen molar-refractivity contribution in [3.8, 4) is 0 Å². The fourth-order valence-electron chi connectivity index (χ4n) is 1.65. The second-order valence-electron chi connectivity index (χ2n) is 4.33. The molecule has 0 aliphatic carbocycles. The summed E-state index contributed by atoms with van der Waals surface area (Å²) >= 11 is 0. The van der Waals surface area contributed by atoms with E-state index in [-0.39, 0.29) is 17.2 Å². The highest BCUT2D eigenvalue weighted by Crippen LogP contribution is 2.30. The Kier molecular flexibility index (Phi) is 5.18. The van der Waals surface area contributed by atoms with Crippen LogP contribution in [-0.2, 0) is 6.18 Å². The van der Waals surface area contributed by atoms with Crippen LogP contribution in [0.3, 0.4) is 0 Å². The van der Waals surface area contributed by atoms with Gasteiger partial charge in [-0.15, -0.1) is 0 Å². The number of nitrogens with two attached hydrogens (primary N) is 1. The molecule has 1 heterocycles. The molecule has 0 atom stereocenters. The van der Waals surface area contributed by atoms with Crippen molar-refractivity contribution in [2.45, 2.75) is 25.9 Å². The van der Waals surface area contributed by atoms with Crippen molar-refractivity contribution in [3.63, 3.8) is 0 Å². The summed E-state index contributed by atoms with van der Waals surface area (Å²) in [6.07, 6.45) is -2.85. The Bertz CT molecular complexity index is 488. The summed E-state index contributed by atoms with van der Waals surface area (Å²) in [5.74, 6) is -0.229. The van der Waals surface area contributed by atoms with Gasteiger partial charge in [-0.1, -0.05) is 18.5 Å². The van der Waals surface area contributed by atoms with Gasteiger partial charge in [-0.25, -0.2) is 4.98 Å². The van der Waals surface area contributed by atoms with Crippen LogP contribution in [0.15, 0.2) is 17.3 Å². The number of nitrogens with zero attached hydrogens (tertiary/aromatic N) is 3. The third kappa shape index (κ3) is 3.75. The van der Waals surface area contributed by atoms with E-state index in [0.717, 1.165) is 25.0 Å². The molecule has 0 aliphatic rings. The molecule has 0 bridgehead atoms. The van der Waals surface area contributed by atoms with Crippen molar-refractivity contribution in [1.82, 2.24) is 4.98 Å². The maximum Gasteiger partial charge on any atom is 0.433 e. The van der Waals surface area contributed by atoms with Gasteiger partial charge in [0.15, 0.2) is 5.84 Å². The summed E-state index contributed by atoms with van der Waals surface area (Å²) in [6, 6.07) is 1.97. The van der Waals surface area contributed by atoms with E-state index in [9.17, 15) is 13.2 Å². The smallest absolute Gasteiger partial charge is 0.409 e. The molecule has 8 heteroatoms. The number of alkyl halides is 3. The topological polar surface area (TPSA) is 74.7 Å². The molecule has 0 unspecified atom stereocenters. The van der Waals surface area contributed by atoms with Crippen LogP contribution in [0.1, 0.15) is 31.0 Å². The summed E-state index contributed by atoms with van der Waals surface area (Å²) in [6.45, 7) is 2.49. The number of amidine groups is 1. The van der Waals surface area contributed by atoms with Crippen molar-refractivity contribution in [1.29, 1.82) is 0 Å². The second-order valence-corrected chi connectivity index (χ2v) is 4.33. The third-order valence-corrected chi connectivity index (χ3v) is 2.76. The lowest BCUT2D eigenvalue weighted by Gasteiger charge is -2.21. The molecule has 0 aliphatic heterocycles. The summed E-state index contributed by atoms with van der Waals surface area (Å²) < 4.78 is 38.1. The molecule has 0 fully saturated rings. The zero-order valence-corrected chi connectivity index (χ0v) is 11.3. The van der Waals surface area contributed by atoms with Crippen LogP contribution < -0.4 is 10.6 Å². The van der Waals surface area contributed by atoms with E-state index in [2.05, 4.69) is 10.1 Å². The number of hydrogen-bond donors (Lipinski definition) is 2. The zero-order valence-electron chi connectivity index (χ0n) is 11.3. The number of oxime groups is 1. The van der Waals surface area contributed by atoms with Crippen molar-refractivity contribution in [3.05, 3.63) is 23.4 Å². The number of halogens is 3. The first-order valence-electron chi connectivity index (χ1n) is 6.08. The Labute approximate surface area is 114 Å². The summed E-state index contributed by atoms with van der Waals surface area (Å²) in [5.41, 5.74) is 4.63. The zero-order chi connectivity index (χ0) is 15.3. The standard InChI is InChI=1S/C12H17F3N4O/c1-3-4-7-19(2)11-8(10(16)18-20)5-6-9(17-11)12(13,14)15/h5-6,20H,3-4,7H2,1-2H3,(H2,16,18). The Balaban J connectivity index is 3.26. The van der Waals surface area contributed by atoms with Crippen molar-refractivity contribution < 1.29 is 18.4 Å². The number of rotatable bonds is 5. The average molecular weight is 290 g/mol. The van der Waals surface area contributed by atoms with E-state index in [0.29, 0.717) is 6.54 Å². The van der Waals surface area contributed by atoms with Gasteiger partial charge in [-0.3, -0.25) is 0 Å². The molecule has 0 saturated heterocycles. The molecule has 20 heavy (non-hydrogen) atoms. The normalized spacial score (nSPS) is 12.6. The van der Waals surface area contributed by atoms with Crippen LogP contribution in [0.25, 0.3) is 0 Å². The molecule has 0 radical (unpaired) electrons. The Morgan fingerprint density at radius 1 is 1.45 bits per heavy atom. The van der Waals surface area contributed by atoms with Gasteiger partial charge in [0, 0.05) is 13.6 Å². The van der Waals surface area contributed by atoms with Gasteiger partial charge in [-0.2, -0.15) is 13.2 Å². The molecule has 1 rings (SSSR count). The van der Waals surface area contributed by atoms with Gasteiger partial charge in [0.1, 0.15) is 11.5 Å². The molecule has 5 nitrogen and oxygen atoms in total. The lowest BCUT2D eigenvalue weighted by Crippen LogP contribution is -2.26. The SMILES string of the molecule is CCCCN(C)c1nc(C(F)(F)F)ccc1C(N)=NO. The molecule has 0 amide bonds. The largest absolute Gasteiger partial charge is 0.433 e. The van der Waals surface area contributed by atoms with Gasteiger partial charge in [0.25, 0.3) is 0 Å². The van der Waals surface area contributed by atoms with Crippen LogP contribution >= 0.6 is 0 Å². The fourth-order valence-corrected chi connectivity index (χ4v) is 1.65. The average Bonchev–Trinajstić information content (AvgIpc) is 2.42. The molecule has 0 saturated carbocycles. The number of unbranched alkanes of at least 4 members (excludes halogenated alkanes) is 1. The Morgan fingerprint density at radius 3 is 2.60 bits per heavy atom. The molecular formula is C12H17F3N4O. The molecule has 112 valence electrons. The van der Waals surface area contributed by atoms with Gasteiger partial charge in [-0.05, 0) is 18.6 Å². The highest BCUT2D eigenvalue weighted by molar-refractivity contribution is 6.01. The first-order chi connectivity index (χ1) is 9.31.